The summed E-state index contributed by atoms with van der Waals surface area (Å²) in [5, 5.41) is 0. The Bertz CT molecular complexity index is 594. The van der Waals surface area contributed by atoms with E-state index in [1.165, 1.54) is 13.3 Å². The number of aromatic nitrogens is 1. The first kappa shape index (κ1) is 12.9. The SMILES string of the molecule is COC(=O)c1ccc(Oc2ccc(N)cc2C)cn1. The number of nitrogens with two attached hydrogens (primary N) is 1. The molecule has 2 N–H and O–H groups in total. The van der Waals surface area contributed by atoms with Gasteiger partial charge >= 0.3 is 5.97 Å². The fourth-order valence-corrected chi connectivity index (χ4v) is 1.58. The standard InChI is InChI=1S/C14H14N2O3/c1-9-7-10(15)3-6-13(9)19-11-4-5-12(16-8-11)14(17)18-2/h3-8H,15H2,1-2H3. The van der Waals surface area contributed by atoms with E-state index >= 15 is 0 Å². The van der Waals surface area contributed by atoms with Crippen molar-refractivity contribution in [2.45, 2.75) is 6.92 Å². The van der Waals surface area contributed by atoms with Crippen LogP contribution in [0.3, 0.4) is 0 Å². The zero-order chi connectivity index (χ0) is 13.8. The molecule has 1 aromatic carbocycles. The average Bonchev–Trinajstić information content (AvgIpc) is 2.42. The van der Waals surface area contributed by atoms with Crippen molar-refractivity contribution in [3.8, 4) is 11.5 Å². The molecule has 0 aliphatic carbocycles. The summed E-state index contributed by atoms with van der Waals surface area (Å²) in [4.78, 5) is 15.2. The van der Waals surface area contributed by atoms with Crippen LogP contribution in [0.1, 0.15) is 16.1 Å². The van der Waals surface area contributed by atoms with E-state index in [4.69, 9.17) is 10.5 Å². The molecule has 2 rings (SSSR count). The zero-order valence-electron chi connectivity index (χ0n) is 10.7. The van der Waals surface area contributed by atoms with Gasteiger partial charge in [-0.2, -0.15) is 0 Å². The van der Waals surface area contributed by atoms with Crippen molar-refractivity contribution >= 4 is 11.7 Å². The lowest BCUT2D eigenvalue weighted by atomic mass is 10.2. The Morgan fingerprint density at radius 1 is 1.26 bits per heavy atom. The van der Waals surface area contributed by atoms with Crippen LogP contribution in [0.25, 0.3) is 0 Å². The van der Waals surface area contributed by atoms with E-state index in [2.05, 4.69) is 9.72 Å². The molecule has 2 aromatic rings. The summed E-state index contributed by atoms with van der Waals surface area (Å²) < 4.78 is 10.2. The summed E-state index contributed by atoms with van der Waals surface area (Å²) in [6, 6.07) is 8.59. The van der Waals surface area contributed by atoms with E-state index in [0.717, 1.165) is 5.56 Å². The molecule has 0 saturated heterocycles. The summed E-state index contributed by atoms with van der Waals surface area (Å²) in [6.07, 6.45) is 1.47. The lowest BCUT2D eigenvalue weighted by molar-refractivity contribution is 0.0594. The number of rotatable bonds is 3. The van der Waals surface area contributed by atoms with Crippen molar-refractivity contribution in [2.75, 3.05) is 12.8 Å². The minimum atomic E-state index is -0.477. The smallest absolute Gasteiger partial charge is 0.356 e. The van der Waals surface area contributed by atoms with Gasteiger partial charge in [-0.25, -0.2) is 9.78 Å². The van der Waals surface area contributed by atoms with Gasteiger partial charge in [0.25, 0.3) is 0 Å². The maximum absolute atomic E-state index is 11.2. The second-order valence-electron chi connectivity index (χ2n) is 4.00. The maximum Gasteiger partial charge on any atom is 0.356 e. The molecule has 0 unspecified atom stereocenters. The molecule has 5 nitrogen and oxygen atoms in total. The number of carbonyl (C=O) groups is 1. The molecule has 0 bridgehead atoms. The molecule has 19 heavy (non-hydrogen) atoms. The van der Waals surface area contributed by atoms with E-state index in [-0.39, 0.29) is 5.69 Å². The predicted octanol–water partition coefficient (Wildman–Crippen LogP) is 2.55. The number of hydrogen-bond acceptors (Lipinski definition) is 5. The number of esters is 1. The summed E-state index contributed by atoms with van der Waals surface area (Å²) in [6.45, 7) is 1.90. The molecule has 0 saturated carbocycles. The number of methoxy groups -OCH3 is 1. The van der Waals surface area contributed by atoms with E-state index in [1.807, 2.05) is 13.0 Å². The quantitative estimate of drug-likeness (QED) is 0.676. The third-order valence-corrected chi connectivity index (χ3v) is 2.56. The lowest BCUT2D eigenvalue weighted by Gasteiger charge is -2.09. The van der Waals surface area contributed by atoms with Crippen LogP contribution in [0.2, 0.25) is 0 Å². The Balaban J connectivity index is 2.17. The highest BCUT2D eigenvalue weighted by Crippen LogP contribution is 2.26. The summed E-state index contributed by atoms with van der Waals surface area (Å²) in [5.74, 6) is 0.762. The average molecular weight is 258 g/mol. The molecule has 5 heteroatoms. The van der Waals surface area contributed by atoms with Gasteiger partial charge < -0.3 is 15.2 Å². The Kier molecular flexibility index (Phi) is 3.66. The fraction of sp³-hybridized carbons (Fsp3) is 0.143. The van der Waals surface area contributed by atoms with Gasteiger partial charge in [0.2, 0.25) is 0 Å². The van der Waals surface area contributed by atoms with Crippen molar-refractivity contribution in [3.63, 3.8) is 0 Å². The van der Waals surface area contributed by atoms with Crippen LogP contribution >= 0.6 is 0 Å². The van der Waals surface area contributed by atoms with Gasteiger partial charge in [0.05, 0.1) is 13.3 Å². The van der Waals surface area contributed by atoms with Crippen LogP contribution in [-0.4, -0.2) is 18.1 Å². The van der Waals surface area contributed by atoms with Gasteiger partial charge in [0.1, 0.15) is 17.2 Å². The molecule has 0 aliphatic heterocycles. The Morgan fingerprint density at radius 3 is 2.63 bits per heavy atom. The van der Waals surface area contributed by atoms with Crippen molar-refractivity contribution in [1.29, 1.82) is 0 Å². The summed E-state index contributed by atoms with van der Waals surface area (Å²) in [5.41, 5.74) is 7.52. The molecule has 0 spiro atoms. The van der Waals surface area contributed by atoms with Gasteiger partial charge in [0.15, 0.2) is 0 Å². The van der Waals surface area contributed by atoms with Gasteiger partial charge in [0, 0.05) is 5.69 Å². The number of pyridine rings is 1. The molecule has 0 fully saturated rings. The number of benzene rings is 1. The summed E-state index contributed by atoms with van der Waals surface area (Å²) >= 11 is 0. The highest BCUT2D eigenvalue weighted by Gasteiger charge is 2.07. The van der Waals surface area contributed by atoms with Gasteiger partial charge in [-0.1, -0.05) is 0 Å². The number of ether oxygens (including phenoxy) is 2. The molecule has 98 valence electrons. The summed E-state index contributed by atoms with van der Waals surface area (Å²) in [7, 11) is 1.31. The van der Waals surface area contributed by atoms with E-state index in [0.29, 0.717) is 17.2 Å². The topological polar surface area (TPSA) is 74.4 Å². The monoisotopic (exact) mass is 258 g/mol. The van der Waals surface area contributed by atoms with Crippen LogP contribution in [0, 0.1) is 6.92 Å². The molecule has 0 aliphatic rings. The van der Waals surface area contributed by atoms with E-state index < -0.39 is 5.97 Å². The maximum atomic E-state index is 11.2. The number of nitrogens with zero attached hydrogens (tertiary/aromatic N) is 1. The lowest BCUT2D eigenvalue weighted by Crippen LogP contribution is -2.03. The Labute approximate surface area is 111 Å². The van der Waals surface area contributed by atoms with Gasteiger partial charge in [-0.05, 0) is 42.8 Å². The second-order valence-corrected chi connectivity index (χ2v) is 4.00. The normalized spacial score (nSPS) is 10.0. The molecule has 0 amide bonds. The Morgan fingerprint density at radius 2 is 2.05 bits per heavy atom. The first-order valence-electron chi connectivity index (χ1n) is 5.68. The molecule has 0 radical (unpaired) electrons. The van der Waals surface area contributed by atoms with Crippen LogP contribution in [0.5, 0.6) is 11.5 Å². The first-order chi connectivity index (χ1) is 9.10. The van der Waals surface area contributed by atoms with Crippen molar-refractivity contribution in [1.82, 2.24) is 4.98 Å². The Hall–Kier alpha value is -2.56. The van der Waals surface area contributed by atoms with Crippen LogP contribution in [0.15, 0.2) is 36.5 Å². The van der Waals surface area contributed by atoms with E-state index in [1.54, 1.807) is 24.3 Å². The third kappa shape index (κ3) is 3.01. The largest absolute Gasteiger partial charge is 0.464 e. The van der Waals surface area contributed by atoms with Crippen LogP contribution in [-0.2, 0) is 4.74 Å². The first-order valence-corrected chi connectivity index (χ1v) is 5.68. The second kappa shape index (κ2) is 5.39. The van der Waals surface area contributed by atoms with Crippen LogP contribution in [0.4, 0.5) is 5.69 Å². The number of hydrogen-bond donors (Lipinski definition) is 1. The van der Waals surface area contributed by atoms with Gasteiger partial charge in [-0.3, -0.25) is 0 Å². The predicted molar refractivity (Wildman–Crippen MR) is 71.2 cm³/mol. The van der Waals surface area contributed by atoms with Crippen molar-refractivity contribution in [2.24, 2.45) is 0 Å². The molecule has 0 atom stereocenters. The molecular weight excluding hydrogens is 244 g/mol. The molecule has 1 heterocycles. The van der Waals surface area contributed by atoms with Gasteiger partial charge in [-0.15, -0.1) is 0 Å². The zero-order valence-corrected chi connectivity index (χ0v) is 10.7. The number of carbonyl (C=O) groups excluding carboxylic acids is 1. The molecular formula is C14H14N2O3. The number of anilines is 1. The highest BCUT2D eigenvalue weighted by molar-refractivity contribution is 5.87. The van der Waals surface area contributed by atoms with Crippen molar-refractivity contribution in [3.05, 3.63) is 47.8 Å². The highest BCUT2D eigenvalue weighted by atomic mass is 16.5. The molecule has 1 aromatic heterocycles. The minimum Gasteiger partial charge on any atom is -0.464 e. The number of nitrogen functional groups attached to an aromatic ring is 1. The minimum absolute atomic E-state index is 0.240. The number of aryl methyl sites for hydroxylation is 1. The van der Waals surface area contributed by atoms with Crippen molar-refractivity contribution < 1.29 is 14.3 Å². The van der Waals surface area contributed by atoms with E-state index in [9.17, 15) is 4.79 Å². The van der Waals surface area contributed by atoms with Crippen LogP contribution < -0.4 is 10.5 Å². The fourth-order valence-electron chi connectivity index (χ4n) is 1.58. The third-order valence-electron chi connectivity index (χ3n) is 2.56.